The van der Waals surface area contributed by atoms with E-state index in [1.165, 1.54) is 0 Å². The first kappa shape index (κ1) is 9.96. The van der Waals surface area contributed by atoms with Crippen LogP contribution in [0.15, 0.2) is 18.5 Å². The van der Waals surface area contributed by atoms with Gasteiger partial charge < -0.3 is 0 Å². The van der Waals surface area contributed by atoms with Crippen molar-refractivity contribution in [3.05, 3.63) is 24.2 Å². The molecule has 0 spiro atoms. The van der Waals surface area contributed by atoms with E-state index in [1.807, 2.05) is 31.2 Å². The van der Waals surface area contributed by atoms with Gasteiger partial charge >= 0.3 is 0 Å². The molecule has 2 aromatic rings. The molecule has 2 rings (SSSR count). The van der Waals surface area contributed by atoms with Gasteiger partial charge in [-0.15, -0.1) is 0 Å². The van der Waals surface area contributed by atoms with Crippen molar-refractivity contribution in [1.82, 2.24) is 19.6 Å². The maximum absolute atomic E-state index is 4.48. The Kier molecular flexibility index (Phi) is 2.34. The lowest BCUT2D eigenvalue weighted by molar-refractivity contribution is 0.717. The lowest BCUT2D eigenvalue weighted by Gasteiger charge is -1.96. The van der Waals surface area contributed by atoms with Crippen molar-refractivity contribution in [2.24, 2.45) is 14.1 Å². The second kappa shape index (κ2) is 3.53. The van der Waals surface area contributed by atoms with Gasteiger partial charge in [0.05, 0.1) is 17.6 Å². The van der Waals surface area contributed by atoms with Crippen molar-refractivity contribution < 1.29 is 0 Å². The number of hydrogen-bond donors (Lipinski definition) is 0. The highest BCUT2D eigenvalue weighted by molar-refractivity contribution is 5.58. The first-order valence-electron chi connectivity index (χ1n) is 5.11. The summed E-state index contributed by atoms with van der Waals surface area (Å²) in [5.41, 5.74) is 3.35. The molecule has 0 radical (unpaired) electrons. The van der Waals surface area contributed by atoms with Crippen LogP contribution in [0.3, 0.4) is 0 Å². The topological polar surface area (TPSA) is 35.6 Å². The van der Waals surface area contributed by atoms with E-state index in [1.54, 1.807) is 4.68 Å². The zero-order valence-corrected chi connectivity index (χ0v) is 9.60. The highest BCUT2D eigenvalue weighted by Gasteiger charge is 2.10. The maximum atomic E-state index is 4.48. The van der Waals surface area contributed by atoms with E-state index in [0.717, 1.165) is 17.0 Å². The summed E-state index contributed by atoms with van der Waals surface area (Å²) in [4.78, 5) is 0. The van der Waals surface area contributed by atoms with Crippen LogP contribution in [-0.2, 0) is 14.1 Å². The molecule has 0 atom stereocenters. The third-order valence-corrected chi connectivity index (χ3v) is 2.49. The zero-order valence-electron chi connectivity index (χ0n) is 9.60. The molecule has 80 valence electrons. The average Bonchev–Trinajstić information content (AvgIpc) is 2.71. The summed E-state index contributed by atoms with van der Waals surface area (Å²) in [7, 11) is 3.89. The molecule has 0 unspecified atom stereocenters. The van der Waals surface area contributed by atoms with Crippen LogP contribution in [0.1, 0.15) is 25.5 Å². The molecular weight excluding hydrogens is 188 g/mol. The predicted molar refractivity (Wildman–Crippen MR) is 59.5 cm³/mol. The van der Waals surface area contributed by atoms with Gasteiger partial charge in [0.1, 0.15) is 0 Å². The molecule has 0 fully saturated rings. The first-order chi connectivity index (χ1) is 7.08. The number of hydrogen-bond acceptors (Lipinski definition) is 2. The van der Waals surface area contributed by atoms with Crippen molar-refractivity contribution in [1.29, 1.82) is 0 Å². The highest BCUT2D eigenvalue weighted by atomic mass is 15.3. The summed E-state index contributed by atoms with van der Waals surface area (Å²) in [5.74, 6) is 0.460. The Bertz CT molecular complexity index is 465. The minimum Gasteiger partial charge on any atom is -0.275 e. The Labute approximate surface area is 89.5 Å². The zero-order chi connectivity index (χ0) is 11.0. The molecule has 0 saturated carbocycles. The number of nitrogens with zero attached hydrogens (tertiary/aromatic N) is 4. The van der Waals surface area contributed by atoms with Gasteiger partial charge in [0.25, 0.3) is 0 Å². The summed E-state index contributed by atoms with van der Waals surface area (Å²) in [5, 5.41) is 8.64. The van der Waals surface area contributed by atoms with Crippen molar-refractivity contribution in [3.63, 3.8) is 0 Å². The van der Waals surface area contributed by atoms with Crippen molar-refractivity contribution in [2.45, 2.75) is 19.8 Å². The molecule has 2 heterocycles. The van der Waals surface area contributed by atoms with E-state index >= 15 is 0 Å². The molecule has 4 nitrogen and oxygen atoms in total. The summed E-state index contributed by atoms with van der Waals surface area (Å²) in [6.07, 6.45) is 3.86. The van der Waals surface area contributed by atoms with E-state index in [9.17, 15) is 0 Å². The third-order valence-electron chi connectivity index (χ3n) is 2.49. The molecule has 0 aliphatic heterocycles. The molecule has 0 aliphatic carbocycles. The van der Waals surface area contributed by atoms with Crippen LogP contribution in [0.4, 0.5) is 0 Å². The van der Waals surface area contributed by atoms with Crippen LogP contribution in [0.25, 0.3) is 11.3 Å². The van der Waals surface area contributed by atoms with Crippen LogP contribution in [-0.4, -0.2) is 19.6 Å². The van der Waals surface area contributed by atoms with Gasteiger partial charge in [-0.3, -0.25) is 9.36 Å². The Morgan fingerprint density at radius 2 is 2.00 bits per heavy atom. The van der Waals surface area contributed by atoms with Crippen LogP contribution in [0, 0.1) is 0 Å². The second-order valence-electron chi connectivity index (χ2n) is 4.14. The Morgan fingerprint density at radius 1 is 1.27 bits per heavy atom. The fourth-order valence-corrected chi connectivity index (χ4v) is 1.60. The number of aromatic nitrogens is 4. The van der Waals surface area contributed by atoms with Crippen molar-refractivity contribution in [3.8, 4) is 11.3 Å². The molecule has 0 saturated heterocycles. The van der Waals surface area contributed by atoms with Gasteiger partial charge in [0.15, 0.2) is 0 Å². The summed E-state index contributed by atoms with van der Waals surface area (Å²) < 4.78 is 3.71. The van der Waals surface area contributed by atoms with E-state index < -0.39 is 0 Å². The van der Waals surface area contributed by atoms with Crippen molar-refractivity contribution in [2.75, 3.05) is 0 Å². The molecular formula is C11H16N4. The van der Waals surface area contributed by atoms with Gasteiger partial charge in [-0.2, -0.15) is 10.2 Å². The Morgan fingerprint density at radius 3 is 2.47 bits per heavy atom. The minimum atomic E-state index is 0.460. The molecule has 0 aromatic carbocycles. The van der Waals surface area contributed by atoms with Gasteiger partial charge in [-0.1, -0.05) is 13.8 Å². The molecule has 0 bridgehead atoms. The Hall–Kier alpha value is -1.58. The first-order valence-corrected chi connectivity index (χ1v) is 5.11. The van der Waals surface area contributed by atoms with Crippen LogP contribution in [0.5, 0.6) is 0 Å². The monoisotopic (exact) mass is 204 g/mol. The maximum Gasteiger partial charge on any atom is 0.0713 e. The van der Waals surface area contributed by atoms with Crippen molar-refractivity contribution >= 4 is 0 Å². The van der Waals surface area contributed by atoms with E-state index in [-0.39, 0.29) is 0 Å². The van der Waals surface area contributed by atoms with Gasteiger partial charge in [0.2, 0.25) is 0 Å². The Balaban J connectivity index is 2.44. The smallest absolute Gasteiger partial charge is 0.0713 e. The standard InChI is InChI=1S/C11H16N4/c1-8(2)10-5-11(15(4)13-10)9-6-12-14(3)7-9/h5-8H,1-4H3. The van der Waals surface area contributed by atoms with E-state index in [4.69, 9.17) is 0 Å². The van der Waals surface area contributed by atoms with Crippen LogP contribution < -0.4 is 0 Å². The second-order valence-corrected chi connectivity index (χ2v) is 4.14. The molecule has 0 N–H and O–H groups in total. The summed E-state index contributed by atoms with van der Waals surface area (Å²) in [6, 6.07) is 2.13. The third kappa shape index (κ3) is 1.79. The quantitative estimate of drug-likeness (QED) is 0.749. The number of aryl methyl sites for hydroxylation is 2. The van der Waals surface area contributed by atoms with Gasteiger partial charge in [-0.25, -0.2) is 0 Å². The van der Waals surface area contributed by atoms with Crippen LogP contribution >= 0.6 is 0 Å². The molecule has 2 aromatic heterocycles. The lowest BCUT2D eigenvalue weighted by Crippen LogP contribution is -1.95. The average molecular weight is 204 g/mol. The molecule has 15 heavy (non-hydrogen) atoms. The van der Waals surface area contributed by atoms with Gasteiger partial charge in [-0.05, 0) is 12.0 Å². The van der Waals surface area contributed by atoms with Crippen LogP contribution in [0.2, 0.25) is 0 Å². The largest absolute Gasteiger partial charge is 0.275 e. The summed E-state index contributed by atoms with van der Waals surface area (Å²) in [6.45, 7) is 4.30. The SMILES string of the molecule is CC(C)c1cc(-c2cnn(C)c2)n(C)n1. The number of rotatable bonds is 2. The van der Waals surface area contributed by atoms with E-state index in [2.05, 4.69) is 30.1 Å². The molecule has 0 aliphatic rings. The minimum absolute atomic E-state index is 0.460. The van der Waals surface area contributed by atoms with E-state index in [0.29, 0.717) is 5.92 Å². The predicted octanol–water partition coefficient (Wildman–Crippen LogP) is 1.94. The fourth-order valence-electron chi connectivity index (χ4n) is 1.60. The summed E-state index contributed by atoms with van der Waals surface area (Å²) >= 11 is 0. The molecule has 0 amide bonds. The van der Waals surface area contributed by atoms with Gasteiger partial charge in [0, 0.05) is 25.9 Å². The molecule has 4 heteroatoms. The lowest BCUT2D eigenvalue weighted by atomic mass is 10.1. The normalized spacial score (nSPS) is 11.3. The fraction of sp³-hybridized carbons (Fsp3) is 0.455. The highest BCUT2D eigenvalue weighted by Crippen LogP contribution is 2.22.